The van der Waals surface area contributed by atoms with E-state index in [2.05, 4.69) is 62.5 Å². The molecule has 1 N–H and O–H groups in total. The quantitative estimate of drug-likeness (QED) is 0.0281. The van der Waals surface area contributed by atoms with Gasteiger partial charge in [0, 0.05) is 19.3 Å². The van der Waals surface area contributed by atoms with E-state index in [1.165, 1.54) is 135 Å². The molecule has 0 aliphatic rings. The Morgan fingerprint density at radius 3 is 1.30 bits per heavy atom. The van der Waals surface area contributed by atoms with Crippen molar-refractivity contribution in [2.24, 2.45) is 0 Å². The Balaban J connectivity index is 4.21. The van der Waals surface area contributed by atoms with Gasteiger partial charge in [-0.3, -0.25) is 9.59 Å². The third-order valence-electron chi connectivity index (χ3n) is 12.0. The number of carbonyl (C=O) groups excluding carboxylic acids is 2. The molecule has 0 aromatic heterocycles. The van der Waals surface area contributed by atoms with E-state index < -0.39 is 18.1 Å². The van der Waals surface area contributed by atoms with Gasteiger partial charge >= 0.3 is 17.9 Å². The fourth-order valence-corrected chi connectivity index (χ4v) is 7.91. The predicted octanol–water partition coefficient (Wildman–Crippen LogP) is 15.5. The first-order valence-electron chi connectivity index (χ1n) is 26.7. The van der Waals surface area contributed by atoms with Crippen molar-refractivity contribution in [3.8, 4) is 0 Å². The molecule has 0 amide bonds. The second kappa shape index (κ2) is 46.8. The van der Waals surface area contributed by atoms with Gasteiger partial charge in [0.1, 0.15) is 6.61 Å². The van der Waals surface area contributed by atoms with E-state index in [0.717, 1.165) is 70.6 Å². The van der Waals surface area contributed by atoms with Gasteiger partial charge in [-0.2, -0.15) is 0 Å². The zero-order chi connectivity index (χ0) is 47.0. The van der Waals surface area contributed by atoms with Crippen LogP contribution in [0.25, 0.3) is 0 Å². The third kappa shape index (κ3) is 44.5. The summed E-state index contributed by atoms with van der Waals surface area (Å²) in [5, 5.41) is 9.66. The van der Waals surface area contributed by atoms with Crippen molar-refractivity contribution in [1.82, 2.24) is 0 Å². The van der Waals surface area contributed by atoms with E-state index in [4.69, 9.17) is 14.2 Å². The summed E-state index contributed by atoms with van der Waals surface area (Å²) in [4.78, 5) is 37.2. The summed E-state index contributed by atoms with van der Waals surface area (Å²) in [6, 6.07) is -0.616. The van der Waals surface area contributed by atoms with Crippen LogP contribution in [0.3, 0.4) is 0 Å². The van der Waals surface area contributed by atoms with E-state index in [-0.39, 0.29) is 36.2 Å². The predicted molar refractivity (Wildman–Crippen MR) is 271 cm³/mol. The van der Waals surface area contributed by atoms with Gasteiger partial charge in [-0.05, 0) is 51.4 Å². The van der Waals surface area contributed by atoms with Crippen LogP contribution in [0.5, 0.6) is 0 Å². The lowest BCUT2D eigenvalue weighted by Gasteiger charge is -2.31. The summed E-state index contributed by atoms with van der Waals surface area (Å²) in [6.07, 6.45) is 57.3. The molecule has 0 fully saturated rings. The van der Waals surface area contributed by atoms with Crippen molar-refractivity contribution in [3.63, 3.8) is 0 Å². The van der Waals surface area contributed by atoms with E-state index in [1.807, 2.05) is 21.1 Å². The maximum Gasteiger partial charge on any atom is 0.362 e. The summed E-state index contributed by atoms with van der Waals surface area (Å²) < 4.78 is 17.4. The van der Waals surface area contributed by atoms with Crippen LogP contribution in [0.2, 0.25) is 0 Å². The van der Waals surface area contributed by atoms with Crippen molar-refractivity contribution in [2.75, 3.05) is 41.0 Å². The van der Waals surface area contributed by atoms with E-state index >= 15 is 0 Å². The maximum atomic E-state index is 12.8. The minimum absolute atomic E-state index is 0.0508. The number of carboxylic acid groups (broad SMARTS) is 1. The molecule has 8 heteroatoms. The minimum Gasteiger partial charge on any atom is -0.477 e. The molecule has 0 rings (SSSR count). The first kappa shape index (κ1) is 61.3. The molecule has 0 aliphatic heterocycles. The Morgan fingerprint density at radius 1 is 0.484 bits per heavy atom. The molecule has 2 atom stereocenters. The lowest BCUT2D eigenvalue weighted by Crippen LogP contribution is -2.50. The van der Waals surface area contributed by atoms with Crippen LogP contribution in [-0.4, -0.2) is 80.6 Å². The Morgan fingerprint density at radius 2 is 0.875 bits per heavy atom. The number of allylic oxidation sites excluding steroid dienone is 8. The number of carbonyl (C=O) groups is 3. The Hall–Kier alpha value is -2.71. The van der Waals surface area contributed by atoms with Crippen molar-refractivity contribution in [1.29, 1.82) is 0 Å². The van der Waals surface area contributed by atoms with Crippen molar-refractivity contribution >= 4 is 17.9 Å². The first-order valence-corrected chi connectivity index (χ1v) is 26.7. The summed E-state index contributed by atoms with van der Waals surface area (Å²) in [7, 11) is 5.54. The van der Waals surface area contributed by atoms with E-state index in [0.29, 0.717) is 19.3 Å². The lowest BCUT2D eigenvalue weighted by atomic mass is 10.0. The molecule has 0 saturated carbocycles. The second-order valence-corrected chi connectivity index (χ2v) is 19.1. The van der Waals surface area contributed by atoms with Gasteiger partial charge in [-0.25, -0.2) is 4.79 Å². The zero-order valence-electron chi connectivity index (χ0n) is 42.5. The normalized spacial score (nSPS) is 13.2. The fourth-order valence-electron chi connectivity index (χ4n) is 7.91. The van der Waals surface area contributed by atoms with E-state index in [9.17, 15) is 19.5 Å². The number of carboxylic acids is 1. The average Bonchev–Trinajstić information content (AvgIpc) is 3.26. The van der Waals surface area contributed by atoms with Crippen LogP contribution in [0, 0.1) is 0 Å². The third-order valence-corrected chi connectivity index (χ3v) is 12.0. The Bertz CT molecular complexity index is 1190. The number of ether oxygens (including phenoxy) is 3. The summed E-state index contributed by atoms with van der Waals surface area (Å²) in [6.45, 7) is 4.65. The largest absolute Gasteiger partial charge is 0.477 e. The Labute approximate surface area is 395 Å². The molecule has 0 saturated heterocycles. The topological polar surface area (TPSA) is 99.1 Å². The van der Waals surface area contributed by atoms with Gasteiger partial charge < -0.3 is 23.8 Å². The number of esters is 2. The highest BCUT2D eigenvalue weighted by atomic mass is 16.6. The molecule has 64 heavy (non-hydrogen) atoms. The van der Waals surface area contributed by atoms with Crippen LogP contribution in [-0.2, 0) is 28.6 Å². The summed E-state index contributed by atoms with van der Waals surface area (Å²) >= 11 is 0. The standard InChI is InChI=1S/C56H101NO7/c1-6-8-10-12-14-16-18-20-22-24-26-27-28-29-31-33-35-37-39-41-43-45-47-55(59)64-52(50-62-49-48-53(56(60)61)57(3,4)5)51-63-54(58)46-44-42-40-38-36-34-32-30-25-23-21-19-17-15-13-11-9-7-2/h8,10,14,16,20,22,26-27,52-53H,6-7,9,11-13,15,17-19,21,23-25,28-51H2,1-5H3/p+1/b10-8+,16-14+,22-20+,27-26+. The molecule has 0 aromatic rings. The maximum absolute atomic E-state index is 12.8. The van der Waals surface area contributed by atoms with E-state index in [1.54, 1.807) is 0 Å². The molecule has 0 radical (unpaired) electrons. The van der Waals surface area contributed by atoms with Gasteiger partial charge in [-0.15, -0.1) is 0 Å². The number of aliphatic carboxylic acids is 1. The number of quaternary nitrogens is 1. The highest BCUT2D eigenvalue weighted by Crippen LogP contribution is 2.16. The molecule has 372 valence electrons. The van der Waals surface area contributed by atoms with Gasteiger partial charge in [-0.1, -0.05) is 217 Å². The second-order valence-electron chi connectivity index (χ2n) is 19.1. The zero-order valence-corrected chi connectivity index (χ0v) is 42.5. The number of hydrogen-bond donors (Lipinski definition) is 1. The number of hydrogen-bond acceptors (Lipinski definition) is 6. The highest BCUT2D eigenvalue weighted by Gasteiger charge is 2.31. The SMILES string of the molecule is CC/C=C/C/C=C/C/C=C/C/C=C/CCCCCCCCCCCC(=O)OC(COCCC(C(=O)O)[N+](C)(C)C)COC(=O)CCCCCCCCCCCCCCCCCCCC. The smallest absolute Gasteiger partial charge is 0.362 e. The first-order chi connectivity index (χ1) is 31.1. The minimum atomic E-state index is -0.874. The Kier molecular flexibility index (Phi) is 44.8. The molecular weight excluding hydrogens is 799 g/mol. The number of rotatable bonds is 48. The highest BCUT2D eigenvalue weighted by molar-refractivity contribution is 5.72. The molecule has 0 bridgehead atoms. The molecule has 2 unspecified atom stereocenters. The molecule has 0 aromatic carbocycles. The van der Waals surface area contributed by atoms with Crippen LogP contribution < -0.4 is 0 Å². The summed E-state index contributed by atoms with van der Waals surface area (Å²) in [5.74, 6) is -1.46. The molecule has 8 nitrogen and oxygen atoms in total. The number of likely N-dealkylation sites (N-methyl/N-ethyl adjacent to an activating group) is 1. The van der Waals surface area contributed by atoms with Crippen molar-refractivity contribution in [3.05, 3.63) is 48.6 Å². The van der Waals surface area contributed by atoms with Crippen molar-refractivity contribution in [2.45, 2.75) is 251 Å². The monoisotopic (exact) mass is 901 g/mol. The summed E-state index contributed by atoms with van der Waals surface area (Å²) in [5.41, 5.74) is 0. The average molecular weight is 901 g/mol. The van der Waals surface area contributed by atoms with Crippen LogP contribution in [0.4, 0.5) is 0 Å². The molecular formula is C56H102NO7+. The van der Waals surface area contributed by atoms with Crippen LogP contribution in [0.15, 0.2) is 48.6 Å². The fraction of sp³-hybridized carbons (Fsp3) is 0.804. The number of nitrogens with zero attached hydrogens (tertiary/aromatic N) is 1. The van der Waals surface area contributed by atoms with Crippen LogP contribution in [0.1, 0.15) is 239 Å². The van der Waals surface area contributed by atoms with Gasteiger partial charge in [0.15, 0.2) is 12.1 Å². The van der Waals surface area contributed by atoms with Crippen LogP contribution >= 0.6 is 0 Å². The molecule has 0 heterocycles. The lowest BCUT2D eigenvalue weighted by molar-refractivity contribution is -0.887. The molecule has 0 spiro atoms. The van der Waals surface area contributed by atoms with Gasteiger partial charge in [0.2, 0.25) is 0 Å². The van der Waals surface area contributed by atoms with Gasteiger partial charge in [0.05, 0.1) is 34.4 Å². The van der Waals surface area contributed by atoms with Crippen molar-refractivity contribution < 1.29 is 38.2 Å². The number of unbranched alkanes of at least 4 members (excludes halogenated alkanes) is 26. The van der Waals surface area contributed by atoms with Gasteiger partial charge in [0.25, 0.3) is 0 Å². The molecule has 0 aliphatic carbocycles.